The molecule has 20 heavy (non-hydrogen) atoms. The fourth-order valence-corrected chi connectivity index (χ4v) is 4.79. The van der Waals surface area contributed by atoms with Gasteiger partial charge in [0.15, 0.2) is 0 Å². The Hall–Kier alpha value is -0.0800. The Morgan fingerprint density at radius 1 is 0.850 bits per heavy atom. The van der Waals surface area contributed by atoms with E-state index in [0.29, 0.717) is 0 Å². The van der Waals surface area contributed by atoms with Gasteiger partial charge in [-0.2, -0.15) is 0 Å². The summed E-state index contributed by atoms with van der Waals surface area (Å²) in [6, 6.07) is 0.840. The van der Waals surface area contributed by atoms with Crippen molar-refractivity contribution in [3.05, 3.63) is 0 Å². The first-order valence-corrected chi connectivity index (χ1v) is 9.32. The SMILES string of the molecule is C1CCC(NCCCN2CCC3(CCCC3)CC2)CC1. The molecule has 0 bridgehead atoms. The minimum Gasteiger partial charge on any atom is -0.314 e. The second kappa shape index (κ2) is 7.26. The summed E-state index contributed by atoms with van der Waals surface area (Å²) in [6.45, 7) is 5.33. The normalized spacial score (nSPS) is 28.2. The number of rotatable bonds is 5. The average Bonchev–Trinajstić information content (AvgIpc) is 2.95. The molecular weight excluding hydrogens is 244 g/mol. The zero-order valence-electron chi connectivity index (χ0n) is 13.3. The molecule has 0 radical (unpaired) electrons. The molecule has 1 N–H and O–H groups in total. The minimum absolute atomic E-state index is 0.789. The fraction of sp³-hybridized carbons (Fsp3) is 1.00. The molecule has 0 amide bonds. The molecule has 0 aromatic carbocycles. The summed E-state index contributed by atoms with van der Waals surface area (Å²) in [5.41, 5.74) is 0.789. The highest BCUT2D eigenvalue weighted by Crippen LogP contribution is 2.45. The fourth-order valence-electron chi connectivity index (χ4n) is 4.79. The molecule has 2 heteroatoms. The lowest BCUT2D eigenvalue weighted by molar-refractivity contribution is 0.107. The van der Waals surface area contributed by atoms with Crippen molar-refractivity contribution < 1.29 is 0 Å². The third-order valence-corrected chi connectivity index (χ3v) is 6.27. The van der Waals surface area contributed by atoms with Crippen molar-refractivity contribution in [1.29, 1.82) is 0 Å². The Morgan fingerprint density at radius 2 is 1.55 bits per heavy atom. The van der Waals surface area contributed by atoms with Gasteiger partial charge < -0.3 is 10.2 Å². The van der Waals surface area contributed by atoms with Gasteiger partial charge in [-0.1, -0.05) is 32.1 Å². The predicted octanol–water partition coefficient (Wildman–Crippen LogP) is 3.96. The smallest absolute Gasteiger partial charge is 0.00670 e. The van der Waals surface area contributed by atoms with Crippen LogP contribution >= 0.6 is 0 Å². The third-order valence-electron chi connectivity index (χ3n) is 6.27. The van der Waals surface area contributed by atoms with Crippen LogP contribution in [0, 0.1) is 5.41 Å². The Kier molecular flexibility index (Phi) is 5.39. The van der Waals surface area contributed by atoms with Crippen LogP contribution in [0.2, 0.25) is 0 Å². The molecule has 1 saturated heterocycles. The lowest BCUT2D eigenvalue weighted by Crippen LogP contribution is -2.40. The van der Waals surface area contributed by atoms with Gasteiger partial charge in [0.25, 0.3) is 0 Å². The maximum absolute atomic E-state index is 3.78. The first-order valence-electron chi connectivity index (χ1n) is 9.32. The number of piperidine rings is 1. The highest BCUT2D eigenvalue weighted by atomic mass is 15.1. The third kappa shape index (κ3) is 3.98. The number of likely N-dealkylation sites (tertiary alicyclic amines) is 1. The molecule has 0 atom stereocenters. The summed E-state index contributed by atoms with van der Waals surface area (Å²) in [5.74, 6) is 0. The maximum atomic E-state index is 3.78. The Labute approximate surface area is 125 Å². The van der Waals surface area contributed by atoms with E-state index >= 15 is 0 Å². The molecule has 2 nitrogen and oxygen atoms in total. The maximum Gasteiger partial charge on any atom is 0.00670 e. The van der Waals surface area contributed by atoms with E-state index in [0.717, 1.165) is 11.5 Å². The van der Waals surface area contributed by atoms with Gasteiger partial charge in [-0.15, -0.1) is 0 Å². The lowest BCUT2D eigenvalue weighted by atomic mass is 9.77. The Balaban J connectivity index is 1.26. The van der Waals surface area contributed by atoms with E-state index < -0.39 is 0 Å². The van der Waals surface area contributed by atoms with Gasteiger partial charge >= 0.3 is 0 Å². The quantitative estimate of drug-likeness (QED) is 0.766. The summed E-state index contributed by atoms with van der Waals surface area (Å²) in [6.07, 6.45) is 17.6. The van der Waals surface area contributed by atoms with Gasteiger partial charge in [0.1, 0.15) is 0 Å². The summed E-state index contributed by atoms with van der Waals surface area (Å²) < 4.78 is 0. The van der Waals surface area contributed by atoms with Crippen LogP contribution in [0.1, 0.15) is 77.0 Å². The van der Waals surface area contributed by atoms with E-state index in [9.17, 15) is 0 Å². The highest BCUT2D eigenvalue weighted by Gasteiger charge is 2.36. The van der Waals surface area contributed by atoms with Crippen LogP contribution in [-0.2, 0) is 0 Å². The average molecular weight is 278 g/mol. The van der Waals surface area contributed by atoms with Crippen molar-refractivity contribution in [2.75, 3.05) is 26.2 Å². The van der Waals surface area contributed by atoms with Crippen LogP contribution < -0.4 is 5.32 Å². The van der Waals surface area contributed by atoms with Crippen LogP contribution in [0.25, 0.3) is 0 Å². The van der Waals surface area contributed by atoms with E-state index in [1.165, 1.54) is 103 Å². The van der Waals surface area contributed by atoms with Crippen LogP contribution in [0.4, 0.5) is 0 Å². The first-order chi connectivity index (χ1) is 9.86. The number of hydrogen-bond acceptors (Lipinski definition) is 2. The molecule has 1 aliphatic heterocycles. The minimum atomic E-state index is 0.789. The van der Waals surface area contributed by atoms with Crippen LogP contribution in [0.15, 0.2) is 0 Å². The molecule has 3 aliphatic rings. The highest BCUT2D eigenvalue weighted by molar-refractivity contribution is 4.89. The van der Waals surface area contributed by atoms with E-state index in [2.05, 4.69) is 10.2 Å². The van der Waals surface area contributed by atoms with Crippen molar-refractivity contribution in [2.24, 2.45) is 5.41 Å². The number of nitrogens with one attached hydrogen (secondary N) is 1. The molecule has 0 unspecified atom stereocenters. The van der Waals surface area contributed by atoms with Gasteiger partial charge in [-0.25, -0.2) is 0 Å². The zero-order chi connectivity index (χ0) is 13.7. The largest absolute Gasteiger partial charge is 0.314 e. The summed E-state index contributed by atoms with van der Waals surface area (Å²) in [7, 11) is 0. The molecule has 1 heterocycles. The zero-order valence-corrected chi connectivity index (χ0v) is 13.3. The van der Waals surface area contributed by atoms with Gasteiger partial charge in [0.05, 0.1) is 0 Å². The second-order valence-corrected chi connectivity index (χ2v) is 7.69. The van der Waals surface area contributed by atoms with E-state index in [1.54, 1.807) is 0 Å². The van der Waals surface area contributed by atoms with E-state index in [4.69, 9.17) is 0 Å². The molecular formula is C18H34N2. The van der Waals surface area contributed by atoms with Crippen molar-refractivity contribution in [3.8, 4) is 0 Å². The molecule has 1 spiro atoms. The summed E-state index contributed by atoms with van der Waals surface area (Å²) in [4.78, 5) is 2.73. The van der Waals surface area contributed by atoms with Crippen molar-refractivity contribution in [2.45, 2.75) is 83.1 Å². The first kappa shape index (κ1) is 14.8. The van der Waals surface area contributed by atoms with Gasteiger partial charge in [-0.3, -0.25) is 0 Å². The second-order valence-electron chi connectivity index (χ2n) is 7.69. The molecule has 3 rings (SSSR count). The summed E-state index contributed by atoms with van der Waals surface area (Å²) in [5, 5.41) is 3.78. The molecule has 0 aromatic rings. The molecule has 3 fully saturated rings. The molecule has 0 aromatic heterocycles. The topological polar surface area (TPSA) is 15.3 Å². The Morgan fingerprint density at radius 3 is 2.25 bits per heavy atom. The molecule has 116 valence electrons. The molecule has 2 aliphatic carbocycles. The van der Waals surface area contributed by atoms with Gasteiger partial charge in [-0.05, 0) is 76.5 Å². The van der Waals surface area contributed by atoms with Crippen molar-refractivity contribution >= 4 is 0 Å². The number of hydrogen-bond donors (Lipinski definition) is 1. The van der Waals surface area contributed by atoms with E-state index in [1.807, 2.05) is 0 Å². The van der Waals surface area contributed by atoms with Crippen LogP contribution in [-0.4, -0.2) is 37.1 Å². The van der Waals surface area contributed by atoms with Crippen LogP contribution in [0.3, 0.4) is 0 Å². The van der Waals surface area contributed by atoms with Crippen molar-refractivity contribution in [3.63, 3.8) is 0 Å². The summed E-state index contributed by atoms with van der Waals surface area (Å²) >= 11 is 0. The lowest BCUT2D eigenvalue weighted by Gasteiger charge is -2.39. The molecule has 2 saturated carbocycles. The van der Waals surface area contributed by atoms with Crippen LogP contribution in [0.5, 0.6) is 0 Å². The van der Waals surface area contributed by atoms with Gasteiger partial charge in [0, 0.05) is 6.04 Å². The predicted molar refractivity (Wildman–Crippen MR) is 86.1 cm³/mol. The van der Waals surface area contributed by atoms with Gasteiger partial charge in [0.2, 0.25) is 0 Å². The van der Waals surface area contributed by atoms with E-state index in [-0.39, 0.29) is 0 Å². The monoisotopic (exact) mass is 278 g/mol. The standard InChI is InChI=1S/C18H34N2/c1-2-7-17(8-3-1)19-13-6-14-20-15-11-18(12-16-20)9-4-5-10-18/h17,19H,1-16H2. The number of nitrogens with zero attached hydrogens (tertiary/aromatic N) is 1. The van der Waals surface area contributed by atoms with Crippen molar-refractivity contribution in [1.82, 2.24) is 10.2 Å². The Bertz CT molecular complexity index is 267.